The number of carbonyl (C=O) groups is 3. The maximum atomic E-state index is 14.2. The number of alkyl carbamates (subject to hydrolysis) is 1. The Kier molecular flexibility index (Phi) is 11.5. The Morgan fingerprint density at radius 3 is 2.45 bits per heavy atom. The molecule has 0 saturated carbocycles. The molecule has 2 aromatic rings. The Morgan fingerprint density at radius 2 is 1.80 bits per heavy atom. The van der Waals surface area contributed by atoms with Crippen LogP contribution in [0.1, 0.15) is 50.7 Å². The van der Waals surface area contributed by atoms with E-state index in [1.54, 1.807) is 14.1 Å². The van der Waals surface area contributed by atoms with Gasteiger partial charge in [-0.25, -0.2) is 9.59 Å². The first-order valence-electron chi connectivity index (χ1n) is 14.1. The van der Waals surface area contributed by atoms with Crippen LogP contribution in [-0.2, 0) is 27.4 Å². The number of hydrogen-bond acceptors (Lipinski definition) is 6. The number of quaternary nitrogens is 1. The molecule has 2 aliphatic rings. The molecule has 218 valence electrons. The zero-order chi connectivity index (χ0) is 29.1. The lowest BCUT2D eigenvalue weighted by atomic mass is 9.97. The van der Waals surface area contributed by atoms with Crippen molar-refractivity contribution in [3.05, 3.63) is 65.7 Å². The first-order chi connectivity index (χ1) is 19.1. The van der Waals surface area contributed by atoms with Crippen LogP contribution in [0.15, 0.2) is 54.6 Å². The summed E-state index contributed by atoms with van der Waals surface area (Å²) in [6, 6.07) is 14.7. The summed E-state index contributed by atoms with van der Waals surface area (Å²) >= 11 is 0. The molecule has 3 N–H and O–H groups in total. The molecule has 9 nitrogen and oxygen atoms in total. The Hall–Kier alpha value is -3.43. The fourth-order valence-corrected chi connectivity index (χ4v) is 4.92. The van der Waals surface area contributed by atoms with Gasteiger partial charge in [-0.15, -0.1) is 0 Å². The molecule has 0 radical (unpaired) electrons. The van der Waals surface area contributed by atoms with Gasteiger partial charge < -0.3 is 25.2 Å². The van der Waals surface area contributed by atoms with Crippen molar-refractivity contribution in [1.29, 1.82) is 0 Å². The number of likely N-dealkylation sites (N-methyl/N-ethyl adjacent to an activating group) is 1. The van der Waals surface area contributed by atoms with Gasteiger partial charge in [-0.1, -0.05) is 56.3 Å². The van der Waals surface area contributed by atoms with Crippen LogP contribution < -0.4 is 15.4 Å². The van der Waals surface area contributed by atoms with E-state index in [0.29, 0.717) is 25.2 Å². The smallest absolute Gasteiger partial charge is 0.408 e. The zero-order valence-electron chi connectivity index (χ0n) is 24.1. The number of rotatable bonds is 6. The van der Waals surface area contributed by atoms with E-state index in [1.165, 1.54) is 0 Å². The van der Waals surface area contributed by atoms with E-state index in [1.807, 2.05) is 68.4 Å². The van der Waals surface area contributed by atoms with Crippen LogP contribution in [-0.4, -0.2) is 72.9 Å². The third kappa shape index (κ3) is 9.06. The average Bonchev–Trinajstić information content (AvgIpc) is 2.94. The van der Waals surface area contributed by atoms with Crippen molar-refractivity contribution in [2.75, 3.05) is 27.3 Å². The lowest BCUT2D eigenvalue weighted by Gasteiger charge is -2.38. The molecule has 0 aliphatic carbocycles. The monoisotopic (exact) mass is 554 g/mol. The summed E-state index contributed by atoms with van der Waals surface area (Å²) in [7, 11) is 3.41. The molecular formula is C31H44N3O6+. The number of carbonyl (C=O) groups excluding carboxylic acids is 3. The maximum Gasteiger partial charge on any atom is 0.408 e. The molecule has 0 aromatic heterocycles. The summed E-state index contributed by atoms with van der Waals surface area (Å²) in [5, 5.41) is 15.7. The van der Waals surface area contributed by atoms with Crippen molar-refractivity contribution in [3.63, 3.8) is 0 Å². The van der Waals surface area contributed by atoms with Crippen LogP contribution in [0.4, 0.5) is 4.79 Å². The number of hydrogen-bond donors (Lipinski definition) is 3. The van der Waals surface area contributed by atoms with Gasteiger partial charge in [0.15, 0.2) is 12.1 Å². The first-order valence-corrected chi connectivity index (χ1v) is 14.1. The summed E-state index contributed by atoms with van der Waals surface area (Å²) in [6.45, 7) is 4.39. The summed E-state index contributed by atoms with van der Waals surface area (Å²) < 4.78 is 11.0. The van der Waals surface area contributed by atoms with Crippen molar-refractivity contribution in [2.24, 2.45) is 5.92 Å². The fourth-order valence-electron chi connectivity index (χ4n) is 4.92. The highest BCUT2D eigenvalue weighted by Gasteiger charge is 2.45. The summed E-state index contributed by atoms with van der Waals surface area (Å²) in [4.78, 5) is 40.6. The minimum absolute atomic E-state index is 0.0683. The molecular weight excluding hydrogens is 510 g/mol. The van der Waals surface area contributed by atoms with Crippen LogP contribution in [0.3, 0.4) is 0 Å². The lowest BCUT2D eigenvalue weighted by molar-refractivity contribution is -0.832. The quantitative estimate of drug-likeness (QED) is 0.471. The van der Waals surface area contributed by atoms with Crippen molar-refractivity contribution in [2.45, 2.75) is 70.7 Å². The molecule has 2 aliphatic heterocycles. The topological polar surface area (TPSA) is 114 Å². The minimum atomic E-state index is -0.947. The molecule has 3 amide bonds. The fraction of sp³-hybridized carbons (Fsp3) is 0.516. The van der Waals surface area contributed by atoms with E-state index in [-0.39, 0.29) is 41.8 Å². The van der Waals surface area contributed by atoms with E-state index in [4.69, 9.17) is 9.47 Å². The number of fused-ring (bicyclic) bond motifs is 14. The number of nitrogens with one attached hydrogen (secondary N) is 2. The largest absolute Gasteiger partial charge is 0.494 e. The molecule has 2 aromatic carbocycles. The summed E-state index contributed by atoms with van der Waals surface area (Å²) in [6.07, 6.45) is 2.11. The molecule has 0 spiro atoms. The van der Waals surface area contributed by atoms with Crippen LogP contribution in [0.25, 0.3) is 0 Å². The number of ether oxygens (including phenoxy) is 2. The van der Waals surface area contributed by atoms with Crippen molar-refractivity contribution in [1.82, 2.24) is 10.6 Å². The standard InChI is InChI=1S/C31H43N3O6/c1-22(2)18-28-29(36)32-25(20-35)12-8-9-17-39-26-15-13-23(14-16-26)19-27(30(37)34(28,3)4)33-31(38)40-21-24-10-6-5-7-11-24/h5-7,10-11,13-16,22,25,27-28,35H,8-9,12,17-21H2,1-4H3,(H-,32,33,36,38)/p+1/t25-,27-,28-/m0/s1. The third-order valence-corrected chi connectivity index (χ3v) is 7.29. The van der Waals surface area contributed by atoms with Crippen molar-refractivity contribution < 1.29 is 33.4 Å². The van der Waals surface area contributed by atoms with Gasteiger partial charge in [0.25, 0.3) is 5.91 Å². The first kappa shape index (κ1) is 31.1. The normalized spacial score (nSPS) is 22.2. The molecule has 3 atom stereocenters. The molecule has 0 saturated heterocycles. The second kappa shape index (κ2) is 14.8. The van der Waals surface area contributed by atoms with E-state index >= 15 is 0 Å². The molecule has 40 heavy (non-hydrogen) atoms. The Labute approximate surface area is 237 Å². The average molecular weight is 555 g/mol. The highest BCUT2D eigenvalue weighted by molar-refractivity contribution is 5.86. The molecule has 9 heteroatoms. The second-order valence-corrected chi connectivity index (χ2v) is 11.4. The van der Waals surface area contributed by atoms with E-state index in [0.717, 1.165) is 24.0 Å². The van der Waals surface area contributed by atoms with E-state index in [2.05, 4.69) is 10.6 Å². The van der Waals surface area contributed by atoms with Crippen molar-refractivity contribution >= 4 is 17.9 Å². The number of aliphatic hydroxyl groups is 1. The number of aliphatic hydroxyl groups excluding tert-OH is 1. The van der Waals surface area contributed by atoms with Gasteiger partial charge in [0.2, 0.25) is 0 Å². The van der Waals surface area contributed by atoms with Gasteiger partial charge in [0.1, 0.15) is 12.4 Å². The van der Waals surface area contributed by atoms with Gasteiger partial charge in [-0.05, 0) is 48.4 Å². The molecule has 0 unspecified atom stereocenters. The highest BCUT2D eigenvalue weighted by Crippen LogP contribution is 2.22. The van der Waals surface area contributed by atoms with Crippen LogP contribution in [0.5, 0.6) is 5.75 Å². The Morgan fingerprint density at radius 1 is 1.10 bits per heavy atom. The summed E-state index contributed by atoms with van der Waals surface area (Å²) in [5.41, 5.74) is 1.67. The maximum absolute atomic E-state index is 14.2. The Balaban J connectivity index is 1.91. The van der Waals surface area contributed by atoms with Gasteiger partial charge >= 0.3 is 12.0 Å². The lowest BCUT2D eigenvalue weighted by Crippen LogP contribution is -2.65. The molecule has 4 rings (SSSR count). The van der Waals surface area contributed by atoms with Gasteiger partial charge in [0, 0.05) is 12.8 Å². The van der Waals surface area contributed by atoms with E-state index in [9.17, 15) is 19.5 Å². The van der Waals surface area contributed by atoms with Gasteiger partial charge in [0.05, 0.1) is 33.4 Å². The zero-order valence-corrected chi connectivity index (χ0v) is 24.1. The predicted molar refractivity (Wildman–Crippen MR) is 152 cm³/mol. The van der Waals surface area contributed by atoms with E-state index < -0.39 is 24.2 Å². The van der Waals surface area contributed by atoms with Crippen LogP contribution in [0.2, 0.25) is 0 Å². The molecule has 2 heterocycles. The Bertz CT molecular complexity index is 1100. The third-order valence-electron chi connectivity index (χ3n) is 7.29. The second-order valence-electron chi connectivity index (χ2n) is 11.4. The number of benzene rings is 2. The minimum Gasteiger partial charge on any atom is -0.494 e. The number of amides is 3. The SMILES string of the molecule is CC(C)C[C@H]1C(=O)N[C@H](CO)CCCCOc2ccc(cc2)C[C@H](NC(=O)OCc2ccccc2)C(=O)[N+]1(C)C. The summed E-state index contributed by atoms with van der Waals surface area (Å²) in [5.74, 6) is 0.240. The van der Waals surface area contributed by atoms with Gasteiger partial charge in [-0.3, -0.25) is 9.28 Å². The highest BCUT2D eigenvalue weighted by atomic mass is 16.5. The van der Waals surface area contributed by atoms with Crippen molar-refractivity contribution in [3.8, 4) is 5.75 Å². The number of nitrogens with zero attached hydrogens (tertiary/aromatic N) is 1. The van der Waals surface area contributed by atoms with Crippen LogP contribution in [0, 0.1) is 5.92 Å². The predicted octanol–water partition coefficient (Wildman–Crippen LogP) is 3.58. The molecule has 0 fully saturated rings. The van der Waals surface area contributed by atoms with Gasteiger partial charge in [-0.2, -0.15) is 0 Å². The van der Waals surface area contributed by atoms with Crippen LogP contribution >= 0.6 is 0 Å². The molecule has 2 bridgehead atoms.